The van der Waals surface area contributed by atoms with Crippen molar-refractivity contribution >= 4 is 71.8 Å². The van der Waals surface area contributed by atoms with Crippen molar-refractivity contribution in [1.29, 1.82) is 0 Å². The molecule has 0 bridgehead atoms. The molecule has 0 amide bonds. The average Bonchev–Trinajstić information content (AvgIpc) is 1.54. The molecule has 0 atom stereocenters. The molecule has 0 fully saturated rings. The molecule has 0 radical (unpaired) electrons. The molecule has 0 aromatic carbocycles. The summed E-state index contributed by atoms with van der Waals surface area (Å²) in [4.78, 5) is 0. The van der Waals surface area contributed by atoms with Gasteiger partial charge in [-0.25, -0.2) is 0 Å². The normalized spacial score (nSPS) is 7.50. The molecule has 0 saturated heterocycles. The predicted molar refractivity (Wildman–Crippen MR) is 38.1 cm³/mol. The van der Waals surface area contributed by atoms with Gasteiger partial charge in [0, 0.05) is 0 Å². The third kappa shape index (κ3) is 970. The summed E-state index contributed by atoms with van der Waals surface area (Å²) in [5.41, 5.74) is 0. The molecule has 0 aliphatic rings. The van der Waals surface area contributed by atoms with Crippen molar-refractivity contribution in [2.75, 3.05) is 0 Å². The van der Waals surface area contributed by atoms with E-state index < -0.39 is 34.1 Å². The van der Waals surface area contributed by atoms with Crippen LogP contribution in [0, 0.1) is 7.43 Å². The van der Waals surface area contributed by atoms with Crippen LogP contribution in [-0.2, 0) is 34.1 Å². The monoisotopic (exact) mass is 292 g/mol. The standard InChI is InChI=1S/C.Ca.3H2O3S/c;;3*1-4(2)3/h;;3*(H2,1,2,3)/q+4;+2;;;/p-6. The maximum atomic E-state index is 8.44. The van der Waals surface area contributed by atoms with Crippen molar-refractivity contribution in [3.63, 3.8) is 0 Å². The Morgan fingerprint density at radius 3 is 0.571 bits per heavy atom. The Hall–Kier alpha value is 1.47. The minimum atomic E-state index is -3.11. The fourth-order valence-electron chi connectivity index (χ4n) is 0. The zero-order valence-electron chi connectivity index (χ0n) is 6.11. The first-order valence-corrected chi connectivity index (χ1v) is 4.50. The second-order valence-corrected chi connectivity index (χ2v) is 1.84. The summed E-state index contributed by atoms with van der Waals surface area (Å²) in [6.07, 6.45) is 0. The smallest absolute Gasteiger partial charge is 0.784 e. The summed E-state index contributed by atoms with van der Waals surface area (Å²) in [5.74, 6) is 0. The van der Waals surface area contributed by atoms with Gasteiger partial charge < -0.3 is 27.3 Å². The van der Waals surface area contributed by atoms with E-state index in [9.17, 15) is 0 Å². The molecule has 0 aromatic rings. The van der Waals surface area contributed by atoms with Crippen LogP contribution in [0.1, 0.15) is 0 Å². The van der Waals surface area contributed by atoms with Crippen LogP contribution in [0.2, 0.25) is 0 Å². The predicted octanol–water partition coefficient (Wildman–Crippen LogP) is -3.31. The van der Waals surface area contributed by atoms with Crippen LogP contribution >= 0.6 is 0 Å². The molecule has 13 heteroatoms. The number of hydrogen-bond acceptors (Lipinski definition) is 9. The van der Waals surface area contributed by atoms with Gasteiger partial charge in [-0.3, -0.25) is 12.6 Å². The Bertz CT molecular complexity index is 118. The Morgan fingerprint density at radius 1 is 0.571 bits per heavy atom. The largest absolute Gasteiger partial charge is 4.00 e. The van der Waals surface area contributed by atoms with Gasteiger partial charge in [0.15, 0.2) is 0 Å². The maximum absolute atomic E-state index is 8.44. The second-order valence-electron chi connectivity index (χ2n) is 0.612. The Balaban J connectivity index is -0.0000000270. The van der Waals surface area contributed by atoms with Crippen molar-refractivity contribution in [2.45, 2.75) is 0 Å². The third-order valence-corrected chi connectivity index (χ3v) is 0. The molecule has 0 saturated carbocycles. The van der Waals surface area contributed by atoms with Crippen molar-refractivity contribution < 1.29 is 39.9 Å². The van der Waals surface area contributed by atoms with E-state index in [2.05, 4.69) is 0 Å². The van der Waals surface area contributed by atoms with Gasteiger partial charge in [0.25, 0.3) is 0 Å². The molecular weight excluding hydrogens is 292 g/mol. The molecule has 0 aliphatic carbocycles. The van der Waals surface area contributed by atoms with Crippen LogP contribution < -0.4 is 0 Å². The summed E-state index contributed by atoms with van der Waals surface area (Å²) in [5, 5.41) is 0. The van der Waals surface area contributed by atoms with Crippen molar-refractivity contribution in [1.82, 2.24) is 0 Å². The molecule has 0 heterocycles. The quantitative estimate of drug-likeness (QED) is 0.324. The van der Waals surface area contributed by atoms with Crippen LogP contribution in [0.5, 0.6) is 0 Å². The van der Waals surface area contributed by atoms with Crippen LogP contribution in [-0.4, -0.2) is 77.7 Å². The Kier molecular flexibility index (Phi) is 50.5. The van der Waals surface area contributed by atoms with Crippen LogP contribution in [0.3, 0.4) is 0 Å². The van der Waals surface area contributed by atoms with Crippen molar-refractivity contribution in [3.8, 4) is 0 Å². The van der Waals surface area contributed by atoms with Gasteiger partial charge >= 0.3 is 45.2 Å². The summed E-state index contributed by atoms with van der Waals surface area (Å²) in [6, 6.07) is 0. The first kappa shape index (κ1) is 29.5. The van der Waals surface area contributed by atoms with E-state index in [1.807, 2.05) is 0 Å². The number of rotatable bonds is 0. The summed E-state index contributed by atoms with van der Waals surface area (Å²) >= 11 is -9.33. The first-order valence-electron chi connectivity index (χ1n) is 1.50. The van der Waals surface area contributed by atoms with E-state index in [0.717, 1.165) is 0 Å². The molecule has 14 heavy (non-hydrogen) atoms. The SMILES string of the molecule is O=S([O-])[O-].O=S([O-])[O-].O=S([O-])[O-].[C+4].[Ca+2]. The minimum Gasteiger partial charge on any atom is -0.784 e. The van der Waals surface area contributed by atoms with Gasteiger partial charge in [-0.2, -0.15) is 0 Å². The molecule has 0 spiro atoms. The average molecular weight is 292 g/mol. The van der Waals surface area contributed by atoms with E-state index in [0.29, 0.717) is 0 Å². The Morgan fingerprint density at radius 2 is 0.571 bits per heavy atom. The molecule has 0 aliphatic heterocycles. The van der Waals surface area contributed by atoms with Crippen LogP contribution in [0.15, 0.2) is 0 Å². The summed E-state index contributed by atoms with van der Waals surface area (Å²) < 4.78 is 76.0. The Labute approximate surface area is 118 Å². The first-order chi connectivity index (χ1) is 5.20. The van der Waals surface area contributed by atoms with Gasteiger partial charge in [0.1, 0.15) is 0 Å². The van der Waals surface area contributed by atoms with Gasteiger partial charge in [0.05, 0.1) is 0 Å². The second kappa shape index (κ2) is 24.0. The van der Waals surface area contributed by atoms with E-state index in [1.54, 1.807) is 0 Å². The molecule has 0 N–H and O–H groups in total. The molecular formula is CCaO9S3. The van der Waals surface area contributed by atoms with Gasteiger partial charge in [-0.05, 0) is 0 Å². The molecule has 9 nitrogen and oxygen atoms in total. The molecule has 0 unspecified atom stereocenters. The maximum Gasteiger partial charge on any atom is 4.00 e. The topological polar surface area (TPSA) is 190 Å². The third-order valence-electron chi connectivity index (χ3n) is 0. The zero-order valence-corrected chi connectivity index (χ0v) is 10.8. The van der Waals surface area contributed by atoms with E-state index in [1.165, 1.54) is 0 Å². The van der Waals surface area contributed by atoms with Gasteiger partial charge in [-0.1, -0.05) is 0 Å². The van der Waals surface area contributed by atoms with Crippen LogP contribution in [0.25, 0.3) is 0 Å². The van der Waals surface area contributed by atoms with Crippen molar-refractivity contribution in [3.05, 3.63) is 7.43 Å². The summed E-state index contributed by atoms with van der Waals surface area (Å²) in [7, 11) is 0. The minimum absolute atomic E-state index is 0. The molecule has 78 valence electrons. The van der Waals surface area contributed by atoms with E-state index >= 15 is 0 Å². The van der Waals surface area contributed by atoms with E-state index in [4.69, 9.17) is 39.9 Å². The zero-order chi connectivity index (χ0) is 10.7. The molecule has 0 rings (SSSR count). The van der Waals surface area contributed by atoms with Gasteiger partial charge in [0.2, 0.25) is 0 Å². The van der Waals surface area contributed by atoms with E-state index in [-0.39, 0.29) is 45.2 Å². The molecule has 0 aromatic heterocycles. The summed E-state index contributed by atoms with van der Waals surface area (Å²) in [6.45, 7) is 0. The van der Waals surface area contributed by atoms with Gasteiger partial charge in [-0.15, -0.1) is 34.1 Å². The van der Waals surface area contributed by atoms with Crippen molar-refractivity contribution in [2.24, 2.45) is 0 Å². The fourth-order valence-corrected chi connectivity index (χ4v) is 0. The fraction of sp³-hybridized carbons (Fsp3) is 0. The number of hydrogen-bond donors (Lipinski definition) is 0. The van der Waals surface area contributed by atoms with Crippen LogP contribution in [0.4, 0.5) is 0 Å².